The Hall–Kier alpha value is -0.120. The average molecular weight is 421 g/mol. The Bertz CT molecular complexity index is 591. The van der Waals surface area contributed by atoms with E-state index in [2.05, 4.69) is 20.8 Å². The second kappa shape index (κ2) is 8.67. The molecule has 0 saturated heterocycles. The van der Waals surface area contributed by atoms with Gasteiger partial charge >= 0.3 is 0 Å². The summed E-state index contributed by atoms with van der Waals surface area (Å²) >= 11 is 0. The quantitative estimate of drug-likeness (QED) is 0.538. The molecular formula is C27H48O3. The van der Waals surface area contributed by atoms with Crippen LogP contribution in [-0.2, 0) is 0 Å². The van der Waals surface area contributed by atoms with E-state index >= 15 is 0 Å². The van der Waals surface area contributed by atoms with E-state index in [-0.39, 0.29) is 12.2 Å². The molecule has 4 fully saturated rings. The van der Waals surface area contributed by atoms with E-state index in [0.717, 1.165) is 55.8 Å². The number of hydrogen-bond donors (Lipinski definition) is 3. The van der Waals surface area contributed by atoms with Crippen LogP contribution in [0.25, 0.3) is 0 Å². The molecule has 4 aliphatic carbocycles. The summed E-state index contributed by atoms with van der Waals surface area (Å²) in [5.41, 5.74) is 0.800. The van der Waals surface area contributed by atoms with Crippen LogP contribution in [0.15, 0.2) is 0 Å². The van der Waals surface area contributed by atoms with Crippen LogP contribution in [0.1, 0.15) is 98.3 Å². The monoisotopic (exact) mass is 420 g/mol. The second-order valence-electron chi connectivity index (χ2n) is 12.6. The van der Waals surface area contributed by atoms with Gasteiger partial charge in [-0.2, -0.15) is 0 Å². The number of fused-ring (bicyclic) bond motifs is 5. The lowest BCUT2D eigenvalue weighted by Crippen LogP contribution is -2.57. The number of aliphatic hydroxyl groups is 3. The molecule has 4 saturated carbocycles. The smallest absolute Gasteiger partial charge is 0.0543 e. The summed E-state index contributed by atoms with van der Waals surface area (Å²) in [5, 5.41) is 30.4. The Kier molecular flexibility index (Phi) is 6.66. The Morgan fingerprint density at radius 3 is 2.30 bits per heavy atom. The Labute approximate surface area is 185 Å². The van der Waals surface area contributed by atoms with Gasteiger partial charge in [0, 0.05) is 6.61 Å². The van der Waals surface area contributed by atoms with E-state index in [4.69, 9.17) is 0 Å². The summed E-state index contributed by atoms with van der Waals surface area (Å²) in [7, 11) is 0. The van der Waals surface area contributed by atoms with Crippen molar-refractivity contribution in [2.45, 2.75) is 111 Å². The molecule has 4 rings (SSSR count). The molecule has 0 radical (unpaired) electrons. The lowest BCUT2D eigenvalue weighted by atomic mass is 9.42. The summed E-state index contributed by atoms with van der Waals surface area (Å²) in [6.45, 7) is 9.86. The summed E-state index contributed by atoms with van der Waals surface area (Å²) in [4.78, 5) is 0. The molecule has 11 atom stereocenters. The van der Waals surface area contributed by atoms with Crippen LogP contribution < -0.4 is 0 Å². The molecule has 0 aromatic carbocycles. The molecule has 0 amide bonds. The molecule has 3 nitrogen and oxygen atoms in total. The van der Waals surface area contributed by atoms with Gasteiger partial charge in [0.05, 0.1) is 12.2 Å². The van der Waals surface area contributed by atoms with E-state index in [1.165, 1.54) is 38.5 Å². The Morgan fingerprint density at radius 2 is 1.60 bits per heavy atom. The number of rotatable bonds is 6. The highest BCUT2D eigenvalue weighted by atomic mass is 16.3. The highest BCUT2D eigenvalue weighted by Gasteiger charge is 2.62. The van der Waals surface area contributed by atoms with Crippen LogP contribution >= 0.6 is 0 Å². The first kappa shape index (κ1) is 23.1. The zero-order chi connectivity index (χ0) is 21.7. The molecule has 0 bridgehead atoms. The third-order valence-corrected chi connectivity index (χ3v) is 11.1. The molecule has 0 spiro atoms. The van der Waals surface area contributed by atoms with Crippen molar-refractivity contribution in [2.24, 2.45) is 52.3 Å². The lowest BCUT2D eigenvalue weighted by molar-refractivity contribution is -0.160. The van der Waals surface area contributed by atoms with E-state index in [0.29, 0.717) is 35.2 Å². The maximum atomic E-state index is 10.4. The van der Waals surface area contributed by atoms with E-state index in [1.54, 1.807) is 0 Å². The van der Waals surface area contributed by atoms with Gasteiger partial charge in [0.15, 0.2) is 0 Å². The maximum absolute atomic E-state index is 10.4. The average Bonchev–Trinajstić information content (AvgIpc) is 3.05. The molecule has 0 aliphatic heterocycles. The lowest BCUT2D eigenvalue weighted by Gasteiger charge is -2.63. The number of hydrogen-bond acceptors (Lipinski definition) is 3. The van der Waals surface area contributed by atoms with Gasteiger partial charge in [-0.15, -0.1) is 0 Å². The van der Waals surface area contributed by atoms with Gasteiger partial charge < -0.3 is 15.3 Å². The van der Waals surface area contributed by atoms with Gasteiger partial charge in [-0.3, -0.25) is 0 Å². The topological polar surface area (TPSA) is 60.7 Å². The predicted octanol–water partition coefficient (Wildman–Crippen LogP) is 5.41. The molecule has 4 aliphatic rings. The minimum absolute atomic E-state index is 0.119. The zero-order valence-corrected chi connectivity index (χ0v) is 20.0. The summed E-state index contributed by atoms with van der Waals surface area (Å²) < 4.78 is 0. The van der Waals surface area contributed by atoms with E-state index in [1.807, 2.05) is 6.92 Å². The molecule has 30 heavy (non-hydrogen) atoms. The van der Waals surface area contributed by atoms with Gasteiger partial charge in [0.1, 0.15) is 0 Å². The molecule has 3 heteroatoms. The minimum atomic E-state index is -0.171. The van der Waals surface area contributed by atoms with Crippen LogP contribution in [0.4, 0.5) is 0 Å². The van der Waals surface area contributed by atoms with Crippen molar-refractivity contribution in [1.29, 1.82) is 0 Å². The molecule has 11 unspecified atom stereocenters. The fourth-order valence-electron chi connectivity index (χ4n) is 9.50. The Balaban J connectivity index is 1.53. The first-order valence-electron chi connectivity index (χ1n) is 13.2. The maximum Gasteiger partial charge on any atom is 0.0543 e. The van der Waals surface area contributed by atoms with Crippen LogP contribution in [0, 0.1) is 52.3 Å². The minimum Gasteiger partial charge on any atom is -0.396 e. The van der Waals surface area contributed by atoms with Gasteiger partial charge in [-0.05, 0) is 117 Å². The van der Waals surface area contributed by atoms with E-state index in [9.17, 15) is 15.3 Å². The SMILES string of the molecule is CC(O)CCCC(C)C1CCC2C3C(CO)CC4CC(O)CCC4(C)C3CCC12C. The van der Waals surface area contributed by atoms with Gasteiger partial charge in [0.25, 0.3) is 0 Å². The van der Waals surface area contributed by atoms with Crippen LogP contribution in [-0.4, -0.2) is 34.1 Å². The molecule has 0 aromatic heterocycles. The molecular weight excluding hydrogens is 372 g/mol. The van der Waals surface area contributed by atoms with Crippen molar-refractivity contribution in [3.63, 3.8) is 0 Å². The molecule has 3 N–H and O–H groups in total. The highest BCUT2D eigenvalue weighted by molar-refractivity contribution is 5.11. The molecule has 0 aromatic rings. The zero-order valence-electron chi connectivity index (χ0n) is 20.0. The molecule has 174 valence electrons. The van der Waals surface area contributed by atoms with Gasteiger partial charge in [-0.1, -0.05) is 33.6 Å². The second-order valence-corrected chi connectivity index (χ2v) is 12.6. The van der Waals surface area contributed by atoms with Crippen LogP contribution in [0.2, 0.25) is 0 Å². The van der Waals surface area contributed by atoms with Crippen molar-refractivity contribution in [1.82, 2.24) is 0 Å². The van der Waals surface area contributed by atoms with Gasteiger partial charge in [0.2, 0.25) is 0 Å². The first-order chi connectivity index (χ1) is 14.2. The fraction of sp³-hybridized carbons (Fsp3) is 1.00. The summed E-state index contributed by atoms with van der Waals surface area (Å²) in [5.74, 6) is 4.76. The van der Waals surface area contributed by atoms with Crippen molar-refractivity contribution in [3.8, 4) is 0 Å². The highest BCUT2D eigenvalue weighted by Crippen LogP contribution is 2.69. The Morgan fingerprint density at radius 1 is 0.900 bits per heavy atom. The largest absolute Gasteiger partial charge is 0.396 e. The van der Waals surface area contributed by atoms with Crippen molar-refractivity contribution < 1.29 is 15.3 Å². The summed E-state index contributed by atoms with van der Waals surface area (Å²) in [6, 6.07) is 0. The number of aliphatic hydroxyl groups excluding tert-OH is 3. The molecule has 0 heterocycles. The summed E-state index contributed by atoms with van der Waals surface area (Å²) in [6.07, 6.45) is 12.7. The van der Waals surface area contributed by atoms with Crippen molar-refractivity contribution in [2.75, 3.05) is 6.61 Å². The van der Waals surface area contributed by atoms with Crippen LogP contribution in [0.3, 0.4) is 0 Å². The van der Waals surface area contributed by atoms with Crippen molar-refractivity contribution >= 4 is 0 Å². The first-order valence-corrected chi connectivity index (χ1v) is 13.2. The van der Waals surface area contributed by atoms with Crippen molar-refractivity contribution in [3.05, 3.63) is 0 Å². The van der Waals surface area contributed by atoms with E-state index < -0.39 is 0 Å². The fourth-order valence-corrected chi connectivity index (χ4v) is 9.50. The van der Waals surface area contributed by atoms with Gasteiger partial charge in [-0.25, -0.2) is 0 Å². The normalized spacial score (nSPS) is 50.3. The third-order valence-electron chi connectivity index (χ3n) is 11.1. The standard InChI is InChI=1S/C27H48O3/c1-17(6-5-7-18(2)29)22-8-9-23-25-19(16-28)14-20-15-21(30)10-12-26(20,3)24(25)11-13-27(22,23)4/h17-25,28-30H,5-16H2,1-4H3. The van der Waals surface area contributed by atoms with Crippen LogP contribution in [0.5, 0.6) is 0 Å². The predicted molar refractivity (Wildman–Crippen MR) is 122 cm³/mol. The third kappa shape index (κ3) is 3.79.